The highest BCUT2D eigenvalue weighted by Gasteiger charge is 2.64. The second-order valence-corrected chi connectivity index (χ2v) is 11.0. The van der Waals surface area contributed by atoms with Gasteiger partial charge in [-0.25, -0.2) is 10.5 Å². The quantitative estimate of drug-likeness (QED) is 0.210. The van der Waals surface area contributed by atoms with Crippen molar-refractivity contribution in [2.24, 2.45) is 11.8 Å². The van der Waals surface area contributed by atoms with E-state index in [1.807, 2.05) is 48.5 Å². The summed E-state index contributed by atoms with van der Waals surface area (Å²) in [4.78, 5) is 34.8. The van der Waals surface area contributed by atoms with Gasteiger partial charge in [-0.15, -0.1) is 0 Å². The van der Waals surface area contributed by atoms with Crippen molar-refractivity contribution in [1.82, 2.24) is 20.8 Å². The van der Waals surface area contributed by atoms with Gasteiger partial charge in [0, 0.05) is 12.8 Å². The molecule has 0 aliphatic heterocycles. The van der Waals surface area contributed by atoms with Crippen LogP contribution in [0.25, 0.3) is 11.0 Å². The lowest BCUT2D eigenvalue weighted by atomic mass is 9.51. The van der Waals surface area contributed by atoms with Crippen LogP contribution in [0.15, 0.2) is 60.8 Å². The van der Waals surface area contributed by atoms with E-state index < -0.39 is 29.1 Å². The molecule has 9 nitrogen and oxygen atoms in total. The average Bonchev–Trinajstić information content (AvgIpc) is 2.95. The Morgan fingerprint density at radius 2 is 1.59 bits per heavy atom. The van der Waals surface area contributed by atoms with Crippen LogP contribution in [0.1, 0.15) is 67.4 Å². The largest absolute Gasteiger partial charge is 0.391 e. The molecule has 0 radical (unpaired) electrons. The highest BCUT2D eigenvalue weighted by atomic mass is 16.5. The first kappa shape index (κ1) is 27.2. The SMILES string of the molecule is O=C(CC[C@H](O)[C@](Cc1ccccc1)(NC(=O)c1cnc2ccccc2n1)C1(O)C2CCCC1CCC2)NO. The van der Waals surface area contributed by atoms with Crippen LogP contribution < -0.4 is 10.8 Å². The normalized spacial score (nSPS) is 24.9. The van der Waals surface area contributed by atoms with E-state index in [-0.39, 0.29) is 36.8 Å². The molecule has 2 aliphatic rings. The standard InChI is InChI=1S/C30H36N4O5/c35-26(16-17-27(36)34-39)29(18-20-8-2-1-3-9-20,30(38)21-10-6-11-22(30)13-7-12-21)33-28(37)25-19-31-23-14-4-5-15-24(23)32-25/h1-5,8-9,14-15,19,21-22,26,35,38-39H,6-7,10-13,16-18H2,(H,33,37)(H,34,36)/t21?,22?,26-,29-,30?/m0/s1. The van der Waals surface area contributed by atoms with E-state index in [9.17, 15) is 19.8 Å². The van der Waals surface area contributed by atoms with E-state index in [1.54, 1.807) is 11.5 Å². The van der Waals surface area contributed by atoms with Gasteiger partial charge in [-0.2, -0.15) is 0 Å². The van der Waals surface area contributed by atoms with Gasteiger partial charge in [0.1, 0.15) is 5.69 Å². The van der Waals surface area contributed by atoms with E-state index in [2.05, 4.69) is 15.3 Å². The summed E-state index contributed by atoms with van der Waals surface area (Å²) in [7, 11) is 0. The van der Waals surface area contributed by atoms with Crippen LogP contribution in [0.2, 0.25) is 0 Å². The third-order valence-electron chi connectivity index (χ3n) is 8.85. The Labute approximate surface area is 227 Å². The highest BCUT2D eigenvalue weighted by molar-refractivity contribution is 5.94. The van der Waals surface area contributed by atoms with Crippen molar-refractivity contribution in [3.05, 3.63) is 72.1 Å². The van der Waals surface area contributed by atoms with Crippen molar-refractivity contribution >= 4 is 22.8 Å². The molecule has 3 aromatic rings. The summed E-state index contributed by atoms with van der Waals surface area (Å²) in [5.41, 5.74) is 0.803. The number of benzene rings is 2. The van der Waals surface area contributed by atoms with Crippen molar-refractivity contribution in [3.63, 3.8) is 0 Å². The minimum atomic E-state index is -1.52. The van der Waals surface area contributed by atoms with Crippen LogP contribution in [0.3, 0.4) is 0 Å². The van der Waals surface area contributed by atoms with E-state index >= 15 is 0 Å². The van der Waals surface area contributed by atoms with E-state index in [0.717, 1.165) is 44.1 Å². The van der Waals surface area contributed by atoms with Crippen LogP contribution in [-0.2, 0) is 11.2 Å². The van der Waals surface area contributed by atoms with Crippen LogP contribution >= 0.6 is 0 Å². The van der Waals surface area contributed by atoms with Crippen molar-refractivity contribution in [1.29, 1.82) is 0 Å². The number of aromatic nitrogens is 2. The van der Waals surface area contributed by atoms with Gasteiger partial charge in [0.15, 0.2) is 0 Å². The number of hydrogen-bond acceptors (Lipinski definition) is 7. The Kier molecular flexibility index (Phi) is 7.93. The Balaban J connectivity index is 1.62. The maximum atomic E-state index is 13.9. The van der Waals surface area contributed by atoms with Gasteiger partial charge >= 0.3 is 0 Å². The molecule has 9 heteroatoms. The number of rotatable bonds is 9. The Morgan fingerprint density at radius 1 is 0.974 bits per heavy atom. The number of nitrogens with one attached hydrogen (secondary N) is 2. The summed E-state index contributed by atoms with van der Waals surface area (Å²) in [6.45, 7) is 0. The van der Waals surface area contributed by atoms with Gasteiger partial charge in [0.25, 0.3) is 5.91 Å². The molecular formula is C30H36N4O5. The lowest BCUT2D eigenvalue weighted by molar-refractivity contribution is -0.201. The summed E-state index contributed by atoms with van der Waals surface area (Å²) < 4.78 is 0. The zero-order valence-corrected chi connectivity index (χ0v) is 21.9. The number of hydrogen-bond donors (Lipinski definition) is 5. The summed E-state index contributed by atoms with van der Waals surface area (Å²) >= 11 is 0. The Bertz CT molecular complexity index is 1300. The predicted octanol–water partition coefficient (Wildman–Crippen LogP) is 3.32. The van der Waals surface area contributed by atoms with Crippen molar-refractivity contribution in [2.75, 3.05) is 0 Å². The van der Waals surface area contributed by atoms with E-state index in [1.165, 1.54) is 6.20 Å². The molecule has 0 spiro atoms. The van der Waals surface area contributed by atoms with Crippen LogP contribution in [0.5, 0.6) is 0 Å². The Hall–Kier alpha value is -3.40. The molecule has 2 aromatic carbocycles. The minimum Gasteiger partial charge on any atom is -0.391 e. The zero-order valence-electron chi connectivity index (χ0n) is 21.9. The fourth-order valence-electron chi connectivity index (χ4n) is 7.03. The molecule has 2 bridgehead atoms. The van der Waals surface area contributed by atoms with Crippen LogP contribution in [-0.4, -0.2) is 54.4 Å². The lowest BCUT2D eigenvalue weighted by Crippen LogP contribution is -2.77. The molecule has 0 saturated heterocycles. The molecule has 39 heavy (non-hydrogen) atoms. The van der Waals surface area contributed by atoms with Gasteiger partial charge in [-0.05, 0) is 61.6 Å². The Morgan fingerprint density at radius 3 is 2.23 bits per heavy atom. The van der Waals surface area contributed by atoms with Gasteiger partial charge in [-0.1, -0.05) is 55.3 Å². The molecule has 2 atom stereocenters. The third-order valence-corrected chi connectivity index (χ3v) is 8.85. The maximum Gasteiger partial charge on any atom is 0.272 e. The fourth-order valence-corrected chi connectivity index (χ4v) is 7.03. The number of fused-ring (bicyclic) bond motifs is 3. The molecule has 0 unspecified atom stereocenters. The summed E-state index contributed by atoms with van der Waals surface area (Å²) in [6.07, 6.45) is 5.15. The van der Waals surface area contributed by atoms with Gasteiger partial charge in [0.05, 0.1) is 34.5 Å². The topological polar surface area (TPSA) is 145 Å². The second kappa shape index (κ2) is 11.4. The zero-order chi connectivity index (χ0) is 27.5. The van der Waals surface area contributed by atoms with Crippen LogP contribution in [0.4, 0.5) is 0 Å². The highest BCUT2D eigenvalue weighted by Crippen LogP contribution is 2.54. The van der Waals surface area contributed by atoms with Gasteiger partial charge < -0.3 is 15.5 Å². The van der Waals surface area contributed by atoms with Crippen molar-refractivity contribution < 1.29 is 25.0 Å². The number of hydroxylamine groups is 1. The smallest absolute Gasteiger partial charge is 0.272 e. The summed E-state index contributed by atoms with van der Waals surface area (Å²) in [5, 5.41) is 36.9. The summed E-state index contributed by atoms with van der Waals surface area (Å²) in [5.74, 6) is -1.45. The number of carbonyl (C=O) groups is 2. The number of carbonyl (C=O) groups excluding carboxylic acids is 2. The molecule has 5 rings (SSSR count). The number of nitrogens with zero attached hydrogens (tertiary/aromatic N) is 2. The molecule has 2 amide bonds. The van der Waals surface area contributed by atoms with Gasteiger partial charge in [-0.3, -0.25) is 19.8 Å². The van der Waals surface area contributed by atoms with Crippen molar-refractivity contribution in [2.45, 2.75) is 75.0 Å². The minimum absolute atomic E-state index is 0.0648. The average molecular weight is 533 g/mol. The van der Waals surface area contributed by atoms with Gasteiger partial charge in [0.2, 0.25) is 5.91 Å². The second-order valence-electron chi connectivity index (χ2n) is 11.0. The van der Waals surface area contributed by atoms with E-state index in [4.69, 9.17) is 5.21 Å². The fraction of sp³-hybridized carbons (Fsp3) is 0.467. The molecule has 1 heterocycles. The number of aliphatic hydroxyl groups excluding tert-OH is 1. The first-order chi connectivity index (χ1) is 18.9. The number of aliphatic hydroxyl groups is 2. The number of para-hydroxylation sites is 2. The molecular weight excluding hydrogens is 496 g/mol. The molecule has 206 valence electrons. The third kappa shape index (κ3) is 5.14. The first-order valence-corrected chi connectivity index (χ1v) is 13.8. The molecule has 5 N–H and O–H groups in total. The summed E-state index contributed by atoms with van der Waals surface area (Å²) in [6, 6.07) is 16.7. The molecule has 2 aliphatic carbocycles. The number of amides is 2. The molecule has 2 fully saturated rings. The monoisotopic (exact) mass is 532 g/mol. The molecule has 1 aromatic heterocycles. The lowest BCUT2D eigenvalue weighted by Gasteiger charge is -2.61. The van der Waals surface area contributed by atoms with E-state index in [0.29, 0.717) is 11.0 Å². The predicted molar refractivity (Wildman–Crippen MR) is 145 cm³/mol. The van der Waals surface area contributed by atoms with Crippen molar-refractivity contribution in [3.8, 4) is 0 Å². The van der Waals surface area contributed by atoms with Crippen LogP contribution in [0, 0.1) is 11.8 Å². The molecule has 2 saturated carbocycles. The maximum absolute atomic E-state index is 13.9. The first-order valence-electron chi connectivity index (χ1n) is 13.8.